The van der Waals surface area contributed by atoms with Gasteiger partial charge in [0.1, 0.15) is 5.82 Å². The van der Waals surface area contributed by atoms with E-state index in [4.69, 9.17) is 10.2 Å². The van der Waals surface area contributed by atoms with Crippen LogP contribution in [0.25, 0.3) is 0 Å². The minimum atomic E-state index is -0.288. The van der Waals surface area contributed by atoms with E-state index in [9.17, 15) is 4.39 Å². The third-order valence-electron chi connectivity index (χ3n) is 3.01. The van der Waals surface area contributed by atoms with Crippen LogP contribution < -0.4 is 0 Å². The van der Waals surface area contributed by atoms with Crippen LogP contribution in [0.2, 0.25) is 0 Å². The van der Waals surface area contributed by atoms with Crippen LogP contribution in [0, 0.1) is 17.7 Å². The summed E-state index contributed by atoms with van der Waals surface area (Å²) in [4.78, 5) is 2.01. The molecule has 4 heteroatoms. The summed E-state index contributed by atoms with van der Waals surface area (Å²) in [5.74, 6) is 5.29. The summed E-state index contributed by atoms with van der Waals surface area (Å²) < 4.78 is 14.0. The molecule has 0 spiro atoms. The minimum absolute atomic E-state index is 0.0120. The van der Waals surface area contributed by atoms with Crippen LogP contribution in [0.15, 0.2) is 18.2 Å². The first-order valence-corrected chi connectivity index (χ1v) is 6.81. The lowest BCUT2D eigenvalue weighted by atomic mass is 10.1. The van der Waals surface area contributed by atoms with E-state index >= 15 is 0 Å². The van der Waals surface area contributed by atoms with Crippen molar-refractivity contribution in [2.24, 2.45) is 0 Å². The molecule has 0 unspecified atom stereocenters. The Bertz CT molecular complexity index is 477. The van der Waals surface area contributed by atoms with Crippen molar-refractivity contribution in [2.75, 3.05) is 19.8 Å². The molecule has 0 bridgehead atoms. The second-order valence-electron chi connectivity index (χ2n) is 4.87. The Hall–Kier alpha value is -1.41. The van der Waals surface area contributed by atoms with Crippen LogP contribution in [0.5, 0.6) is 0 Å². The summed E-state index contributed by atoms with van der Waals surface area (Å²) in [6.45, 7) is 5.09. The van der Waals surface area contributed by atoms with Crippen LogP contribution in [-0.2, 0) is 6.54 Å². The maximum atomic E-state index is 14.0. The van der Waals surface area contributed by atoms with Gasteiger partial charge in [0.2, 0.25) is 0 Å². The third kappa shape index (κ3) is 5.30. The molecule has 0 saturated heterocycles. The number of hydrogen-bond donors (Lipinski definition) is 2. The standard InChI is InChI=1S/C16H22FNO2/c1-13(2)18(8-10-20)12-15-7-6-14(11-16(15)17)5-3-4-9-19/h6-7,11,13,19-20H,4,8-10,12H2,1-2H3. The van der Waals surface area contributed by atoms with Gasteiger partial charge in [-0.15, -0.1) is 0 Å². The molecule has 1 aromatic carbocycles. The highest BCUT2D eigenvalue weighted by Crippen LogP contribution is 2.14. The van der Waals surface area contributed by atoms with Crippen LogP contribution >= 0.6 is 0 Å². The molecule has 3 nitrogen and oxygen atoms in total. The van der Waals surface area contributed by atoms with Gasteiger partial charge in [-0.05, 0) is 26.0 Å². The Morgan fingerprint density at radius 1 is 1.25 bits per heavy atom. The zero-order chi connectivity index (χ0) is 15.0. The van der Waals surface area contributed by atoms with Gasteiger partial charge in [-0.25, -0.2) is 4.39 Å². The normalized spacial score (nSPS) is 10.8. The summed E-state index contributed by atoms with van der Waals surface area (Å²) in [7, 11) is 0. The molecule has 0 fully saturated rings. The molecule has 0 radical (unpaired) electrons. The Morgan fingerprint density at radius 3 is 2.55 bits per heavy atom. The van der Waals surface area contributed by atoms with Gasteiger partial charge in [-0.1, -0.05) is 17.9 Å². The summed E-state index contributed by atoms with van der Waals surface area (Å²) >= 11 is 0. The second-order valence-corrected chi connectivity index (χ2v) is 4.87. The fraction of sp³-hybridized carbons (Fsp3) is 0.500. The number of aliphatic hydroxyl groups excluding tert-OH is 2. The highest BCUT2D eigenvalue weighted by molar-refractivity contribution is 5.37. The second kappa shape index (κ2) is 8.70. The van der Waals surface area contributed by atoms with Crippen LogP contribution in [-0.4, -0.2) is 40.9 Å². The van der Waals surface area contributed by atoms with E-state index in [1.165, 1.54) is 6.07 Å². The topological polar surface area (TPSA) is 43.7 Å². The molecule has 0 saturated carbocycles. The van der Waals surface area contributed by atoms with Crippen molar-refractivity contribution in [1.82, 2.24) is 4.90 Å². The van der Waals surface area contributed by atoms with Gasteiger partial charge in [0.15, 0.2) is 0 Å². The van der Waals surface area contributed by atoms with Crippen molar-refractivity contribution < 1.29 is 14.6 Å². The molecular formula is C16H22FNO2. The van der Waals surface area contributed by atoms with Crippen molar-refractivity contribution in [1.29, 1.82) is 0 Å². The average molecular weight is 279 g/mol. The van der Waals surface area contributed by atoms with Gasteiger partial charge in [-0.2, -0.15) is 0 Å². The maximum absolute atomic E-state index is 14.0. The molecular weight excluding hydrogens is 257 g/mol. The third-order valence-corrected chi connectivity index (χ3v) is 3.01. The first kappa shape index (κ1) is 16.6. The SMILES string of the molecule is CC(C)N(CCO)Cc1ccc(C#CCCO)cc1F. The van der Waals surface area contributed by atoms with E-state index in [1.54, 1.807) is 12.1 Å². The van der Waals surface area contributed by atoms with E-state index in [0.29, 0.717) is 30.6 Å². The van der Waals surface area contributed by atoms with Gasteiger partial charge in [-0.3, -0.25) is 4.90 Å². The van der Waals surface area contributed by atoms with Crippen LogP contribution in [0.4, 0.5) is 4.39 Å². The van der Waals surface area contributed by atoms with E-state index in [1.807, 2.05) is 18.7 Å². The number of hydrogen-bond acceptors (Lipinski definition) is 3. The lowest BCUT2D eigenvalue weighted by molar-refractivity contribution is 0.158. The highest BCUT2D eigenvalue weighted by atomic mass is 19.1. The minimum Gasteiger partial charge on any atom is -0.395 e. The molecule has 0 aromatic heterocycles. The van der Waals surface area contributed by atoms with Gasteiger partial charge < -0.3 is 10.2 Å². The predicted octanol–water partition coefficient (Wildman–Crippen LogP) is 1.76. The maximum Gasteiger partial charge on any atom is 0.128 e. The molecule has 0 heterocycles. The zero-order valence-electron chi connectivity index (χ0n) is 12.1. The van der Waals surface area contributed by atoms with E-state index in [2.05, 4.69) is 11.8 Å². The lowest BCUT2D eigenvalue weighted by Crippen LogP contribution is -2.33. The number of benzene rings is 1. The number of halogens is 1. The van der Waals surface area contributed by atoms with Gasteiger partial charge in [0, 0.05) is 36.7 Å². The van der Waals surface area contributed by atoms with Gasteiger partial charge in [0.25, 0.3) is 0 Å². The summed E-state index contributed by atoms with van der Waals surface area (Å²) in [6, 6.07) is 5.16. The molecule has 2 N–H and O–H groups in total. The Morgan fingerprint density at radius 2 is 2.00 bits per heavy atom. The fourth-order valence-corrected chi connectivity index (χ4v) is 1.84. The highest BCUT2D eigenvalue weighted by Gasteiger charge is 2.12. The lowest BCUT2D eigenvalue weighted by Gasteiger charge is -2.25. The van der Waals surface area contributed by atoms with Crippen molar-refractivity contribution in [2.45, 2.75) is 32.9 Å². The Balaban J connectivity index is 2.80. The predicted molar refractivity (Wildman–Crippen MR) is 77.6 cm³/mol. The van der Waals surface area contributed by atoms with Crippen molar-refractivity contribution >= 4 is 0 Å². The molecule has 0 aliphatic heterocycles. The first-order valence-electron chi connectivity index (χ1n) is 6.81. The summed E-state index contributed by atoms with van der Waals surface area (Å²) in [6.07, 6.45) is 0.390. The van der Waals surface area contributed by atoms with Crippen molar-refractivity contribution in [3.05, 3.63) is 35.1 Å². The molecule has 20 heavy (non-hydrogen) atoms. The largest absolute Gasteiger partial charge is 0.395 e. The van der Waals surface area contributed by atoms with Crippen LogP contribution in [0.3, 0.4) is 0 Å². The monoisotopic (exact) mass is 279 g/mol. The Labute approximate surface area is 120 Å². The smallest absolute Gasteiger partial charge is 0.128 e. The molecule has 1 rings (SSSR count). The summed E-state index contributed by atoms with van der Waals surface area (Å²) in [5.41, 5.74) is 1.21. The van der Waals surface area contributed by atoms with Crippen LogP contribution in [0.1, 0.15) is 31.4 Å². The summed E-state index contributed by atoms with van der Waals surface area (Å²) in [5, 5.41) is 17.7. The molecule has 0 amide bonds. The Kier molecular flexibility index (Phi) is 7.24. The average Bonchev–Trinajstić information content (AvgIpc) is 2.41. The molecule has 0 atom stereocenters. The molecule has 1 aromatic rings. The van der Waals surface area contributed by atoms with E-state index < -0.39 is 0 Å². The quantitative estimate of drug-likeness (QED) is 0.780. The molecule has 0 aliphatic rings. The molecule has 110 valence electrons. The molecule has 0 aliphatic carbocycles. The number of aliphatic hydroxyl groups is 2. The number of nitrogens with zero attached hydrogens (tertiary/aromatic N) is 1. The number of rotatable bonds is 6. The zero-order valence-corrected chi connectivity index (χ0v) is 12.1. The van der Waals surface area contributed by atoms with Gasteiger partial charge in [0.05, 0.1) is 13.2 Å². The van der Waals surface area contributed by atoms with Crippen molar-refractivity contribution in [3.8, 4) is 11.8 Å². The first-order chi connectivity index (χ1) is 9.58. The van der Waals surface area contributed by atoms with Crippen molar-refractivity contribution in [3.63, 3.8) is 0 Å². The van der Waals surface area contributed by atoms with E-state index in [0.717, 1.165) is 0 Å². The fourth-order valence-electron chi connectivity index (χ4n) is 1.84. The van der Waals surface area contributed by atoms with E-state index in [-0.39, 0.29) is 25.1 Å². The van der Waals surface area contributed by atoms with Gasteiger partial charge >= 0.3 is 0 Å².